The maximum Gasteiger partial charge on any atom is 0.251 e. The van der Waals surface area contributed by atoms with Crippen molar-refractivity contribution in [1.29, 1.82) is 0 Å². The van der Waals surface area contributed by atoms with Gasteiger partial charge in [-0.1, -0.05) is 0 Å². The van der Waals surface area contributed by atoms with Crippen LogP contribution in [0, 0.1) is 17.5 Å². The quantitative estimate of drug-likeness (QED) is 0.913. The molecule has 0 aliphatic carbocycles. The summed E-state index contributed by atoms with van der Waals surface area (Å²) < 4.78 is 38.9. The third kappa shape index (κ3) is 4.34. The van der Waals surface area contributed by atoms with E-state index in [4.69, 9.17) is 0 Å². The van der Waals surface area contributed by atoms with Gasteiger partial charge in [0.2, 0.25) is 5.91 Å². The van der Waals surface area contributed by atoms with Gasteiger partial charge in [0, 0.05) is 31.3 Å². The van der Waals surface area contributed by atoms with E-state index >= 15 is 0 Å². The number of rotatable bonds is 5. The van der Waals surface area contributed by atoms with Gasteiger partial charge in [0.25, 0.3) is 5.91 Å². The van der Waals surface area contributed by atoms with E-state index in [0.29, 0.717) is 5.69 Å². The van der Waals surface area contributed by atoms with E-state index in [1.54, 1.807) is 0 Å². The lowest BCUT2D eigenvalue weighted by Gasteiger charge is -2.21. The molecule has 24 heavy (non-hydrogen) atoms. The van der Waals surface area contributed by atoms with E-state index in [0.717, 1.165) is 18.2 Å². The van der Waals surface area contributed by atoms with Gasteiger partial charge in [-0.05, 0) is 42.5 Å². The summed E-state index contributed by atoms with van der Waals surface area (Å²) in [7, 11) is 0. The third-order valence-electron chi connectivity index (χ3n) is 3.32. The zero-order chi connectivity index (χ0) is 17.7. The van der Waals surface area contributed by atoms with Crippen LogP contribution in [0.4, 0.5) is 18.9 Å². The van der Waals surface area contributed by atoms with E-state index in [-0.39, 0.29) is 24.6 Å². The number of carbonyl (C=O) groups is 2. The SMILES string of the molecule is CC(=O)N(CCNC(=O)c1ccc(F)c(F)c1)c1ccc(F)cc1. The van der Waals surface area contributed by atoms with Crippen molar-refractivity contribution in [3.8, 4) is 0 Å². The van der Waals surface area contributed by atoms with Crippen molar-refractivity contribution >= 4 is 17.5 Å². The van der Waals surface area contributed by atoms with Gasteiger partial charge in [0.15, 0.2) is 11.6 Å². The van der Waals surface area contributed by atoms with Crippen molar-refractivity contribution in [2.45, 2.75) is 6.92 Å². The third-order valence-corrected chi connectivity index (χ3v) is 3.32. The molecule has 0 radical (unpaired) electrons. The summed E-state index contributed by atoms with van der Waals surface area (Å²) in [6.45, 7) is 1.59. The van der Waals surface area contributed by atoms with Crippen LogP contribution in [0.2, 0.25) is 0 Å². The Bertz CT molecular complexity index is 748. The molecule has 2 aromatic carbocycles. The first-order chi connectivity index (χ1) is 11.4. The summed E-state index contributed by atoms with van der Waals surface area (Å²) in [5, 5.41) is 2.52. The molecule has 2 rings (SSSR count). The Morgan fingerprint density at radius 1 is 1.00 bits per heavy atom. The molecule has 2 aromatic rings. The van der Waals surface area contributed by atoms with E-state index in [9.17, 15) is 22.8 Å². The van der Waals surface area contributed by atoms with Crippen LogP contribution < -0.4 is 10.2 Å². The van der Waals surface area contributed by atoms with Crippen LogP contribution in [-0.2, 0) is 4.79 Å². The van der Waals surface area contributed by atoms with E-state index < -0.39 is 23.4 Å². The highest BCUT2D eigenvalue weighted by atomic mass is 19.2. The zero-order valence-electron chi connectivity index (χ0n) is 12.9. The highest BCUT2D eigenvalue weighted by molar-refractivity contribution is 5.94. The Morgan fingerprint density at radius 3 is 2.25 bits per heavy atom. The molecule has 0 bridgehead atoms. The summed E-state index contributed by atoms with van der Waals surface area (Å²) in [5.41, 5.74) is 0.469. The summed E-state index contributed by atoms with van der Waals surface area (Å²) in [6.07, 6.45) is 0. The monoisotopic (exact) mass is 336 g/mol. The Morgan fingerprint density at radius 2 is 1.67 bits per heavy atom. The van der Waals surface area contributed by atoms with Crippen molar-refractivity contribution in [1.82, 2.24) is 5.32 Å². The molecule has 0 aromatic heterocycles. The van der Waals surface area contributed by atoms with Crippen LogP contribution >= 0.6 is 0 Å². The maximum atomic E-state index is 13.1. The number of benzene rings is 2. The predicted molar refractivity (Wildman–Crippen MR) is 83.1 cm³/mol. The van der Waals surface area contributed by atoms with Gasteiger partial charge >= 0.3 is 0 Å². The molecule has 1 N–H and O–H groups in total. The average Bonchev–Trinajstić information content (AvgIpc) is 2.54. The normalized spacial score (nSPS) is 10.3. The molecule has 0 saturated heterocycles. The molecular weight excluding hydrogens is 321 g/mol. The molecule has 0 atom stereocenters. The summed E-state index contributed by atoms with van der Waals surface area (Å²) in [5.74, 6) is -3.43. The van der Waals surface area contributed by atoms with Gasteiger partial charge in [-0.25, -0.2) is 13.2 Å². The number of halogens is 3. The molecule has 2 amide bonds. The van der Waals surface area contributed by atoms with Crippen LogP contribution in [0.1, 0.15) is 17.3 Å². The second-order valence-corrected chi connectivity index (χ2v) is 5.03. The van der Waals surface area contributed by atoms with E-state index in [2.05, 4.69) is 5.32 Å². The number of nitrogens with one attached hydrogen (secondary N) is 1. The van der Waals surface area contributed by atoms with Gasteiger partial charge in [-0.3, -0.25) is 9.59 Å². The van der Waals surface area contributed by atoms with Crippen molar-refractivity contribution in [3.63, 3.8) is 0 Å². The van der Waals surface area contributed by atoms with Crippen LogP contribution in [0.5, 0.6) is 0 Å². The van der Waals surface area contributed by atoms with Crippen molar-refractivity contribution in [3.05, 3.63) is 65.5 Å². The molecule has 0 spiro atoms. The number of nitrogens with zero attached hydrogens (tertiary/aromatic N) is 1. The molecule has 4 nitrogen and oxygen atoms in total. The molecule has 0 aliphatic rings. The van der Waals surface area contributed by atoms with Gasteiger partial charge < -0.3 is 10.2 Å². The highest BCUT2D eigenvalue weighted by Gasteiger charge is 2.13. The standard InChI is InChI=1S/C17H15F3N2O2/c1-11(23)22(14-5-3-13(18)4-6-14)9-8-21-17(24)12-2-7-15(19)16(20)10-12/h2-7,10H,8-9H2,1H3,(H,21,24). The van der Waals surface area contributed by atoms with Gasteiger partial charge in [-0.15, -0.1) is 0 Å². The lowest BCUT2D eigenvalue weighted by Crippen LogP contribution is -2.37. The van der Waals surface area contributed by atoms with Crippen LogP contribution in [0.15, 0.2) is 42.5 Å². The van der Waals surface area contributed by atoms with E-state index in [1.807, 2.05) is 0 Å². The van der Waals surface area contributed by atoms with Crippen LogP contribution in [0.25, 0.3) is 0 Å². The Balaban J connectivity index is 1.97. The first-order valence-electron chi connectivity index (χ1n) is 7.15. The fourth-order valence-corrected chi connectivity index (χ4v) is 2.11. The number of anilines is 1. The van der Waals surface area contributed by atoms with E-state index in [1.165, 1.54) is 36.1 Å². The maximum absolute atomic E-state index is 13.1. The first-order valence-corrected chi connectivity index (χ1v) is 7.15. The summed E-state index contributed by atoms with van der Waals surface area (Å²) in [4.78, 5) is 24.9. The van der Waals surface area contributed by atoms with Crippen molar-refractivity contribution in [2.75, 3.05) is 18.0 Å². The number of hydrogen-bond acceptors (Lipinski definition) is 2. The lowest BCUT2D eigenvalue weighted by molar-refractivity contribution is -0.116. The first kappa shape index (κ1) is 17.5. The molecule has 0 saturated carbocycles. The molecule has 0 heterocycles. The second-order valence-electron chi connectivity index (χ2n) is 5.03. The predicted octanol–water partition coefficient (Wildman–Crippen LogP) is 2.89. The molecule has 126 valence electrons. The Kier molecular flexibility index (Phi) is 5.57. The molecule has 7 heteroatoms. The summed E-state index contributed by atoms with van der Waals surface area (Å²) in [6, 6.07) is 8.19. The Hall–Kier alpha value is -2.83. The highest BCUT2D eigenvalue weighted by Crippen LogP contribution is 2.14. The smallest absolute Gasteiger partial charge is 0.251 e. The number of carbonyl (C=O) groups excluding carboxylic acids is 2. The van der Waals surface area contributed by atoms with Crippen molar-refractivity contribution in [2.24, 2.45) is 0 Å². The number of amides is 2. The van der Waals surface area contributed by atoms with Gasteiger partial charge in [0.05, 0.1) is 0 Å². The second kappa shape index (κ2) is 7.63. The summed E-state index contributed by atoms with van der Waals surface area (Å²) >= 11 is 0. The average molecular weight is 336 g/mol. The minimum Gasteiger partial charge on any atom is -0.350 e. The fraction of sp³-hybridized carbons (Fsp3) is 0.176. The lowest BCUT2D eigenvalue weighted by atomic mass is 10.2. The molecule has 0 unspecified atom stereocenters. The van der Waals surface area contributed by atoms with Crippen molar-refractivity contribution < 1.29 is 22.8 Å². The van der Waals surface area contributed by atoms with Gasteiger partial charge in [-0.2, -0.15) is 0 Å². The van der Waals surface area contributed by atoms with Crippen LogP contribution in [-0.4, -0.2) is 24.9 Å². The minimum atomic E-state index is -1.11. The largest absolute Gasteiger partial charge is 0.350 e. The molecule has 0 fully saturated rings. The van der Waals surface area contributed by atoms with Gasteiger partial charge in [0.1, 0.15) is 5.82 Å². The molecule has 0 aliphatic heterocycles. The Labute approximate surface area is 136 Å². The topological polar surface area (TPSA) is 49.4 Å². The van der Waals surface area contributed by atoms with Crippen LogP contribution in [0.3, 0.4) is 0 Å². The zero-order valence-corrected chi connectivity index (χ0v) is 12.9. The molecular formula is C17H15F3N2O2. The minimum absolute atomic E-state index is 0.0231. The fourth-order valence-electron chi connectivity index (χ4n) is 2.11. The number of hydrogen-bond donors (Lipinski definition) is 1.